The first kappa shape index (κ1) is 20.7. The van der Waals surface area contributed by atoms with E-state index < -0.39 is 34.2 Å². The number of hydrogen-bond acceptors (Lipinski definition) is 1. The Hall–Kier alpha value is -2.57. The average Bonchev–Trinajstić information content (AvgIpc) is 3.10. The number of benzene rings is 3. The molecule has 0 saturated carbocycles. The standard InChI is InChI=1S/C23H17ClF3NOS/c1-30(29)12-13-3-2-4-16-19(11-28-23(13)16)22(17-7-5-14(24)9-20(17)26)18-8-6-15(25)10-21(18)27/h2-11,22,28H,12H2,1H3. The molecule has 0 aliphatic heterocycles. The molecule has 2 unspecified atom stereocenters. The van der Waals surface area contributed by atoms with Crippen molar-refractivity contribution in [3.05, 3.63) is 106 Å². The van der Waals surface area contributed by atoms with Gasteiger partial charge in [-0.05, 0) is 34.9 Å². The fourth-order valence-corrected chi connectivity index (χ4v) is 4.63. The van der Waals surface area contributed by atoms with E-state index >= 15 is 0 Å². The van der Waals surface area contributed by atoms with Gasteiger partial charge in [-0.25, -0.2) is 13.2 Å². The van der Waals surface area contributed by atoms with Crippen LogP contribution in [0.25, 0.3) is 10.9 Å². The van der Waals surface area contributed by atoms with Gasteiger partial charge < -0.3 is 4.98 Å². The van der Waals surface area contributed by atoms with Crippen LogP contribution in [0.3, 0.4) is 0 Å². The minimum absolute atomic E-state index is 0.142. The maximum atomic E-state index is 14.9. The van der Waals surface area contributed by atoms with Crippen molar-refractivity contribution in [1.82, 2.24) is 4.98 Å². The Morgan fingerprint density at radius 2 is 1.67 bits per heavy atom. The van der Waals surface area contributed by atoms with Crippen LogP contribution in [0.15, 0.2) is 60.8 Å². The molecular formula is C23H17ClF3NOS. The highest BCUT2D eigenvalue weighted by Crippen LogP contribution is 2.39. The van der Waals surface area contributed by atoms with Crippen molar-refractivity contribution in [2.24, 2.45) is 0 Å². The average molecular weight is 448 g/mol. The molecular weight excluding hydrogens is 431 g/mol. The zero-order valence-corrected chi connectivity index (χ0v) is 17.5. The van der Waals surface area contributed by atoms with Gasteiger partial charge in [-0.1, -0.05) is 41.9 Å². The number of para-hydroxylation sites is 1. The summed E-state index contributed by atoms with van der Waals surface area (Å²) in [5.41, 5.74) is 2.58. The van der Waals surface area contributed by atoms with Crippen molar-refractivity contribution in [2.45, 2.75) is 11.7 Å². The third-order valence-electron chi connectivity index (χ3n) is 5.05. The van der Waals surface area contributed by atoms with Crippen LogP contribution in [0.1, 0.15) is 28.2 Å². The van der Waals surface area contributed by atoms with Gasteiger partial charge in [-0.15, -0.1) is 0 Å². The maximum absolute atomic E-state index is 14.9. The number of hydrogen-bond donors (Lipinski definition) is 1. The molecule has 1 N–H and O–H groups in total. The smallest absolute Gasteiger partial charge is 0.130 e. The molecule has 2 atom stereocenters. The second-order valence-corrected chi connectivity index (χ2v) is 8.94. The normalized spacial score (nSPS) is 13.5. The predicted molar refractivity (Wildman–Crippen MR) is 115 cm³/mol. The molecule has 30 heavy (non-hydrogen) atoms. The third kappa shape index (κ3) is 3.89. The summed E-state index contributed by atoms with van der Waals surface area (Å²) in [5, 5.41) is 0.974. The fourth-order valence-electron chi connectivity index (χ4n) is 3.79. The molecule has 1 heterocycles. The first-order valence-corrected chi connectivity index (χ1v) is 11.2. The van der Waals surface area contributed by atoms with Crippen molar-refractivity contribution in [3.63, 3.8) is 0 Å². The van der Waals surface area contributed by atoms with E-state index in [-0.39, 0.29) is 16.1 Å². The van der Waals surface area contributed by atoms with Gasteiger partial charge in [0.1, 0.15) is 17.5 Å². The molecule has 7 heteroatoms. The summed E-state index contributed by atoms with van der Waals surface area (Å²) in [6.07, 6.45) is 3.30. The number of halogens is 4. The van der Waals surface area contributed by atoms with Crippen LogP contribution in [0, 0.1) is 17.5 Å². The molecule has 1 aromatic heterocycles. The summed E-state index contributed by atoms with van der Waals surface area (Å²) in [4.78, 5) is 3.16. The van der Waals surface area contributed by atoms with Gasteiger partial charge in [-0.2, -0.15) is 0 Å². The molecule has 0 aliphatic carbocycles. The highest BCUT2D eigenvalue weighted by molar-refractivity contribution is 7.83. The quantitative estimate of drug-likeness (QED) is 0.382. The highest BCUT2D eigenvalue weighted by Gasteiger charge is 2.26. The molecule has 2 nitrogen and oxygen atoms in total. The van der Waals surface area contributed by atoms with E-state index in [4.69, 9.17) is 11.6 Å². The molecule has 0 aliphatic rings. The second-order valence-electron chi connectivity index (χ2n) is 7.07. The molecule has 3 aromatic carbocycles. The molecule has 0 bridgehead atoms. The summed E-state index contributed by atoms with van der Waals surface area (Å²) in [7, 11) is -1.05. The van der Waals surface area contributed by atoms with Gasteiger partial charge in [0.25, 0.3) is 0 Å². The fraction of sp³-hybridized carbons (Fsp3) is 0.130. The van der Waals surface area contributed by atoms with Crippen molar-refractivity contribution >= 4 is 33.3 Å². The SMILES string of the molecule is CS(=O)Cc1cccc2c(C(c3ccc(F)cc3F)c3ccc(Cl)cc3F)c[nH]c12. The Morgan fingerprint density at radius 3 is 2.33 bits per heavy atom. The van der Waals surface area contributed by atoms with Gasteiger partial charge in [-0.3, -0.25) is 4.21 Å². The minimum Gasteiger partial charge on any atom is -0.361 e. The number of H-pyrrole nitrogens is 1. The minimum atomic E-state index is -1.05. The van der Waals surface area contributed by atoms with Gasteiger partial charge in [0, 0.05) is 56.7 Å². The summed E-state index contributed by atoms with van der Waals surface area (Å²) in [6.45, 7) is 0. The lowest BCUT2D eigenvalue weighted by Crippen LogP contribution is -2.08. The van der Waals surface area contributed by atoms with Crippen molar-refractivity contribution in [2.75, 3.05) is 6.26 Å². The summed E-state index contributed by atoms with van der Waals surface area (Å²) in [6, 6.07) is 13.0. The zero-order chi connectivity index (χ0) is 21.4. The van der Waals surface area contributed by atoms with E-state index in [1.165, 1.54) is 24.3 Å². The lowest BCUT2D eigenvalue weighted by atomic mass is 9.84. The van der Waals surface area contributed by atoms with Gasteiger partial charge in [0.05, 0.1) is 5.75 Å². The Labute approximate surface area is 179 Å². The van der Waals surface area contributed by atoms with Crippen LogP contribution in [0.4, 0.5) is 13.2 Å². The van der Waals surface area contributed by atoms with Crippen LogP contribution in [0.5, 0.6) is 0 Å². The Kier molecular flexibility index (Phi) is 5.71. The number of fused-ring (bicyclic) bond motifs is 1. The topological polar surface area (TPSA) is 32.9 Å². The van der Waals surface area contributed by atoms with Crippen LogP contribution in [0.2, 0.25) is 5.02 Å². The maximum Gasteiger partial charge on any atom is 0.130 e. The first-order valence-electron chi connectivity index (χ1n) is 9.14. The molecule has 4 rings (SSSR count). The molecule has 0 spiro atoms. The van der Waals surface area contributed by atoms with Crippen molar-refractivity contribution < 1.29 is 17.4 Å². The number of aromatic nitrogens is 1. The lowest BCUT2D eigenvalue weighted by molar-refractivity contribution is 0.564. The number of nitrogens with one attached hydrogen (secondary N) is 1. The van der Waals surface area contributed by atoms with Crippen LogP contribution >= 0.6 is 11.6 Å². The van der Waals surface area contributed by atoms with Crippen molar-refractivity contribution in [1.29, 1.82) is 0 Å². The largest absolute Gasteiger partial charge is 0.361 e. The van der Waals surface area contributed by atoms with Crippen LogP contribution in [-0.4, -0.2) is 15.4 Å². The molecule has 0 fully saturated rings. The monoisotopic (exact) mass is 447 g/mol. The number of aromatic amines is 1. The van der Waals surface area contributed by atoms with Gasteiger partial charge in [0.15, 0.2) is 0 Å². The first-order chi connectivity index (χ1) is 14.3. The van der Waals surface area contributed by atoms with Gasteiger partial charge in [0.2, 0.25) is 0 Å². The Morgan fingerprint density at radius 1 is 0.967 bits per heavy atom. The second kappa shape index (κ2) is 8.28. The van der Waals surface area contributed by atoms with E-state index in [1.54, 1.807) is 12.5 Å². The summed E-state index contributed by atoms with van der Waals surface area (Å²) < 4.78 is 55.0. The summed E-state index contributed by atoms with van der Waals surface area (Å²) >= 11 is 5.91. The Balaban J connectivity index is 1.98. The van der Waals surface area contributed by atoms with E-state index in [9.17, 15) is 17.4 Å². The Bertz CT molecular complexity index is 1220. The molecule has 0 amide bonds. The predicted octanol–water partition coefficient (Wildman–Crippen LogP) is 6.30. The molecule has 0 radical (unpaired) electrons. The van der Waals surface area contributed by atoms with Crippen LogP contribution in [-0.2, 0) is 16.6 Å². The summed E-state index contributed by atoms with van der Waals surface area (Å²) in [5.74, 6) is -2.55. The lowest BCUT2D eigenvalue weighted by Gasteiger charge is -2.20. The zero-order valence-electron chi connectivity index (χ0n) is 15.9. The molecule has 0 saturated heterocycles. The van der Waals surface area contributed by atoms with Crippen molar-refractivity contribution in [3.8, 4) is 0 Å². The molecule has 4 aromatic rings. The van der Waals surface area contributed by atoms with E-state index in [2.05, 4.69) is 4.98 Å². The number of rotatable bonds is 5. The van der Waals surface area contributed by atoms with Crippen LogP contribution < -0.4 is 0 Å². The third-order valence-corrected chi connectivity index (χ3v) is 6.00. The van der Waals surface area contributed by atoms with Gasteiger partial charge >= 0.3 is 0 Å². The molecule has 154 valence electrons. The van der Waals surface area contributed by atoms with E-state index in [0.717, 1.165) is 28.6 Å². The van der Waals surface area contributed by atoms with E-state index in [1.807, 2.05) is 18.2 Å². The highest BCUT2D eigenvalue weighted by atomic mass is 35.5. The van der Waals surface area contributed by atoms with E-state index in [0.29, 0.717) is 11.3 Å².